The molecular weight excluding hydrogens is 166 g/mol. The lowest BCUT2D eigenvalue weighted by Gasteiger charge is -2.19. The predicted molar refractivity (Wildman–Crippen MR) is 51.2 cm³/mol. The van der Waals surface area contributed by atoms with E-state index in [0.29, 0.717) is 5.92 Å². The zero-order valence-corrected chi connectivity index (χ0v) is 8.29. The molecule has 0 bridgehead atoms. The fourth-order valence-electron chi connectivity index (χ4n) is 2.00. The maximum absolute atomic E-state index is 11.2. The minimum Gasteiger partial charge on any atom is -0.468 e. The van der Waals surface area contributed by atoms with Gasteiger partial charge in [-0.1, -0.05) is 25.7 Å². The first-order valence-corrected chi connectivity index (χ1v) is 5.09. The number of nitrogens with two attached hydrogens (primary N) is 1. The van der Waals surface area contributed by atoms with Gasteiger partial charge in [0.25, 0.3) is 0 Å². The highest BCUT2D eigenvalue weighted by molar-refractivity contribution is 5.75. The van der Waals surface area contributed by atoms with E-state index in [1.807, 2.05) is 0 Å². The maximum Gasteiger partial charge on any atom is 0.322 e. The SMILES string of the molecule is COC(=O)C(N)C1CCCCCC1. The Balaban J connectivity index is 2.43. The second-order valence-corrected chi connectivity index (χ2v) is 3.80. The van der Waals surface area contributed by atoms with Crippen LogP contribution in [0.3, 0.4) is 0 Å². The van der Waals surface area contributed by atoms with E-state index < -0.39 is 6.04 Å². The third kappa shape index (κ3) is 2.99. The number of ether oxygens (including phenoxy) is 1. The second-order valence-electron chi connectivity index (χ2n) is 3.80. The van der Waals surface area contributed by atoms with Gasteiger partial charge in [-0.05, 0) is 18.8 Å². The summed E-state index contributed by atoms with van der Waals surface area (Å²) < 4.78 is 4.64. The molecule has 1 rings (SSSR count). The zero-order chi connectivity index (χ0) is 9.68. The fourth-order valence-corrected chi connectivity index (χ4v) is 2.00. The van der Waals surface area contributed by atoms with E-state index in [0.717, 1.165) is 12.8 Å². The molecule has 1 atom stereocenters. The molecule has 0 spiro atoms. The molecule has 3 heteroatoms. The number of carbonyl (C=O) groups is 1. The summed E-state index contributed by atoms with van der Waals surface area (Å²) in [6, 6.07) is -0.400. The van der Waals surface area contributed by atoms with Crippen LogP contribution in [-0.2, 0) is 9.53 Å². The number of methoxy groups -OCH3 is 1. The van der Waals surface area contributed by atoms with E-state index in [4.69, 9.17) is 5.73 Å². The number of hydrogen-bond acceptors (Lipinski definition) is 3. The summed E-state index contributed by atoms with van der Waals surface area (Å²) >= 11 is 0. The number of rotatable bonds is 2. The lowest BCUT2D eigenvalue weighted by molar-refractivity contribution is -0.143. The van der Waals surface area contributed by atoms with Crippen molar-refractivity contribution in [3.8, 4) is 0 Å². The van der Waals surface area contributed by atoms with Gasteiger partial charge in [0.15, 0.2) is 0 Å². The average molecular weight is 185 g/mol. The van der Waals surface area contributed by atoms with E-state index in [1.165, 1.54) is 32.8 Å². The molecule has 76 valence electrons. The highest BCUT2D eigenvalue weighted by atomic mass is 16.5. The van der Waals surface area contributed by atoms with Crippen LogP contribution < -0.4 is 5.73 Å². The summed E-state index contributed by atoms with van der Waals surface area (Å²) in [5, 5.41) is 0. The van der Waals surface area contributed by atoms with Gasteiger partial charge in [-0.15, -0.1) is 0 Å². The Labute approximate surface area is 79.6 Å². The lowest BCUT2D eigenvalue weighted by atomic mass is 9.92. The standard InChI is InChI=1S/C10H19NO2/c1-13-10(12)9(11)8-6-4-2-3-5-7-8/h8-9H,2-7,11H2,1H3. The minimum absolute atomic E-state index is 0.257. The first-order chi connectivity index (χ1) is 6.25. The molecule has 0 aromatic carbocycles. The topological polar surface area (TPSA) is 52.3 Å². The Morgan fingerprint density at radius 2 is 1.85 bits per heavy atom. The van der Waals surface area contributed by atoms with Crippen LogP contribution in [0.4, 0.5) is 0 Å². The van der Waals surface area contributed by atoms with Gasteiger partial charge in [0, 0.05) is 0 Å². The Kier molecular flexibility index (Phi) is 4.22. The number of hydrogen-bond donors (Lipinski definition) is 1. The normalized spacial score (nSPS) is 22.0. The van der Waals surface area contributed by atoms with Crippen LogP contribution in [0.2, 0.25) is 0 Å². The summed E-state index contributed by atoms with van der Waals surface area (Å²) in [6.45, 7) is 0. The predicted octanol–water partition coefficient (Wildman–Crippen LogP) is 1.46. The molecule has 3 nitrogen and oxygen atoms in total. The van der Waals surface area contributed by atoms with Crippen LogP contribution in [0.1, 0.15) is 38.5 Å². The molecular formula is C10H19NO2. The van der Waals surface area contributed by atoms with E-state index in [2.05, 4.69) is 4.74 Å². The Hall–Kier alpha value is -0.570. The van der Waals surface area contributed by atoms with Crippen LogP contribution in [0.15, 0.2) is 0 Å². The summed E-state index contributed by atoms with van der Waals surface area (Å²) in [5.41, 5.74) is 5.80. The van der Waals surface area contributed by atoms with E-state index in [1.54, 1.807) is 0 Å². The summed E-state index contributed by atoms with van der Waals surface area (Å²) in [5.74, 6) is 0.0850. The highest BCUT2D eigenvalue weighted by Crippen LogP contribution is 2.25. The second kappa shape index (κ2) is 5.22. The first kappa shape index (κ1) is 10.5. The fraction of sp³-hybridized carbons (Fsp3) is 0.900. The van der Waals surface area contributed by atoms with Gasteiger partial charge >= 0.3 is 5.97 Å². The molecule has 2 N–H and O–H groups in total. The van der Waals surface area contributed by atoms with Crippen LogP contribution in [0, 0.1) is 5.92 Å². The monoisotopic (exact) mass is 185 g/mol. The van der Waals surface area contributed by atoms with Crippen molar-refractivity contribution in [3.63, 3.8) is 0 Å². The highest BCUT2D eigenvalue weighted by Gasteiger charge is 2.25. The Bertz CT molecular complexity index is 162. The molecule has 0 saturated heterocycles. The van der Waals surface area contributed by atoms with Gasteiger partial charge in [-0.25, -0.2) is 0 Å². The van der Waals surface area contributed by atoms with Crippen LogP contribution >= 0.6 is 0 Å². The van der Waals surface area contributed by atoms with Gasteiger partial charge in [-0.2, -0.15) is 0 Å². The first-order valence-electron chi connectivity index (χ1n) is 5.09. The maximum atomic E-state index is 11.2. The van der Waals surface area contributed by atoms with Gasteiger partial charge in [-0.3, -0.25) is 4.79 Å². The smallest absolute Gasteiger partial charge is 0.322 e. The van der Waals surface area contributed by atoms with E-state index >= 15 is 0 Å². The largest absolute Gasteiger partial charge is 0.468 e. The van der Waals surface area contributed by atoms with Crippen LogP contribution in [0.5, 0.6) is 0 Å². The van der Waals surface area contributed by atoms with Crippen molar-refractivity contribution in [1.29, 1.82) is 0 Å². The van der Waals surface area contributed by atoms with E-state index in [9.17, 15) is 4.79 Å². The molecule has 0 heterocycles. The van der Waals surface area contributed by atoms with Gasteiger partial charge in [0.1, 0.15) is 6.04 Å². The summed E-state index contributed by atoms with van der Waals surface area (Å²) in [7, 11) is 1.40. The Morgan fingerprint density at radius 1 is 1.31 bits per heavy atom. The van der Waals surface area contributed by atoms with Crippen LogP contribution in [0.25, 0.3) is 0 Å². The Morgan fingerprint density at radius 3 is 2.31 bits per heavy atom. The van der Waals surface area contributed by atoms with Crippen molar-refractivity contribution < 1.29 is 9.53 Å². The van der Waals surface area contributed by atoms with Crippen molar-refractivity contribution in [1.82, 2.24) is 0 Å². The molecule has 0 aromatic heterocycles. The zero-order valence-electron chi connectivity index (χ0n) is 8.29. The van der Waals surface area contributed by atoms with Gasteiger partial charge < -0.3 is 10.5 Å². The molecule has 1 unspecified atom stereocenters. The van der Waals surface area contributed by atoms with Gasteiger partial charge in [0.2, 0.25) is 0 Å². The third-order valence-electron chi connectivity index (χ3n) is 2.88. The van der Waals surface area contributed by atoms with E-state index in [-0.39, 0.29) is 5.97 Å². The van der Waals surface area contributed by atoms with Gasteiger partial charge in [0.05, 0.1) is 7.11 Å². The lowest BCUT2D eigenvalue weighted by Crippen LogP contribution is -2.38. The average Bonchev–Trinajstić information content (AvgIpc) is 2.43. The molecule has 13 heavy (non-hydrogen) atoms. The molecule has 1 aliphatic rings. The molecule has 1 fully saturated rings. The molecule has 0 aromatic rings. The van der Waals surface area contributed by atoms with Crippen molar-refractivity contribution >= 4 is 5.97 Å². The molecule has 1 aliphatic carbocycles. The summed E-state index contributed by atoms with van der Waals surface area (Å²) in [6.07, 6.45) is 7.13. The quantitative estimate of drug-likeness (QED) is 0.523. The van der Waals surface area contributed by atoms with Crippen molar-refractivity contribution in [2.75, 3.05) is 7.11 Å². The number of carbonyl (C=O) groups excluding carboxylic acids is 1. The molecule has 0 aliphatic heterocycles. The minimum atomic E-state index is -0.400. The van der Waals surface area contributed by atoms with Crippen molar-refractivity contribution in [3.05, 3.63) is 0 Å². The third-order valence-corrected chi connectivity index (χ3v) is 2.88. The molecule has 0 radical (unpaired) electrons. The van der Waals surface area contributed by atoms with Crippen molar-refractivity contribution in [2.24, 2.45) is 11.7 Å². The molecule has 0 amide bonds. The molecule has 1 saturated carbocycles. The van der Waals surface area contributed by atoms with Crippen LogP contribution in [-0.4, -0.2) is 19.1 Å². The summed E-state index contributed by atoms with van der Waals surface area (Å²) in [4.78, 5) is 11.2. The van der Waals surface area contributed by atoms with Crippen molar-refractivity contribution in [2.45, 2.75) is 44.6 Å². The number of esters is 1.